The van der Waals surface area contributed by atoms with Crippen molar-refractivity contribution in [2.45, 2.75) is 6.92 Å². The maximum atomic E-state index is 13.5. The van der Waals surface area contributed by atoms with E-state index < -0.39 is 5.95 Å². The van der Waals surface area contributed by atoms with Gasteiger partial charge in [-0.15, -0.1) is 0 Å². The number of hydrogen-bond donors (Lipinski definition) is 1. The van der Waals surface area contributed by atoms with Crippen LogP contribution in [-0.4, -0.2) is 4.98 Å². The molecule has 2 rings (SSSR count). The summed E-state index contributed by atoms with van der Waals surface area (Å²) in [7, 11) is 0. The largest absolute Gasteiger partial charge is 0.338 e. The summed E-state index contributed by atoms with van der Waals surface area (Å²) < 4.78 is 26.2. The minimum absolute atomic E-state index is 0.280. The minimum Gasteiger partial charge on any atom is -0.338 e. The van der Waals surface area contributed by atoms with Crippen LogP contribution in [0.2, 0.25) is 0 Å². The van der Waals surface area contributed by atoms with E-state index in [0.717, 1.165) is 5.56 Å². The van der Waals surface area contributed by atoms with Gasteiger partial charge in [-0.2, -0.15) is 4.39 Å². The second kappa shape index (κ2) is 4.26. The van der Waals surface area contributed by atoms with Gasteiger partial charge in [0.05, 0.1) is 5.69 Å². The van der Waals surface area contributed by atoms with E-state index in [1.165, 1.54) is 18.2 Å². The number of nitrogens with zero attached hydrogens (tertiary/aromatic N) is 1. The molecule has 82 valence electrons. The number of halogens is 2. The number of rotatable bonds is 2. The molecule has 1 heterocycles. The molecule has 1 aromatic carbocycles. The maximum Gasteiger partial charge on any atom is 0.214 e. The lowest BCUT2D eigenvalue weighted by Crippen LogP contribution is -1.97. The summed E-state index contributed by atoms with van der Waals surface area (Å²) >= 11 is 0. The summed E-state index contributed by atoms with van der Waals surface area (Å²) in [5, 5.41) is 2.71. The van der Waals surface area contributed by atoms with Crippen molar-refractivity contribution in [2.24, 2.45) is 0 Å². The Labute approximate surface area is 92.0 Å². The van der Waals surface area contributed by atoms with Crippen LogP contribution in [0.3, 0.4) is 0 Å². The monoisotopic (exact) mass is 220 g/mol. The van der Waals surface area contributed by atoms with Gasteiger partial charge in [0.25, 0.3) is 0 Å². The molecular formula is C12H10F2N2. The average Bonchev–Trinajstić information content (AvgIpc) is 2.22. The molecule has 2 nitrogen and oxygen atoms in total. The smallest absolute Gasteiger partial charge is 0.214 e. The van der Waals surface area contributed by atoms with E-state index in [4.69, 9.17) is 0 Å². The summed E-state index contributed by atoms with van der Waals surface area (Å²) in [5.74, 6) is -0.702. The van der Waals surface area contributed by atoms with Gasteiger partial charge in [-0.3, -0.25) is 0 Å². The topological polar surface area (TPSA) is 24.9 Å². The third-order valence-electron chi connectivity index (χ3n) is 2.10. The SMILES string of the molecule is Cc1ccc(Nc2cccc(F)n2)c(F)c1. The second-order valence-electron chi connectivity index (χ2n) is 3.45. The summed E-state index contributed by atoms with van der Waals surface area (Å²) in [6.07, 6.45) is 0. The van der Waals surface area contributed by atoms with Crippen molar-refractivity contribution < 1.29 is 8.78 Å². The zero-order chi connectivity index (χ0) is 11.5. The number of aryl methyl sites for hydroxylation is 1. The molecule has 0 fully saturated rings. The van der Waals surface area contributed by atoms with Gasteiger partial charge in [0.1, 0.15) is 11.6 Å². The molecule has 0 bridgehead atoms. The van der Waals surface area contributed by atoms with E-state index >= 15 is 0 Å². The highest BCUT2D eigenvalue weighted by Crippen LogP contribution is 2.19. The number of aromatic nitrogens is 1. The van der Waals surface area contributed by atoms with E-state index in [1.54, 1.807) is 25.1 Å². The first-order valence-corrected chi connectivity index (χ1v) is 4.81. The van der Waals surface area contributed by atoms with E-state index in [-0.39, 0.29) is 17.3 Å². The van der Waals surface area contributed by atoms with Crippen LogP contribution in [-0.2, 0) is 0 Å². The summed E-state index contributed by atoms with van der Waals surface area (Å²) in [5.41, 5.74) is 1.11. The van der Waals surface area contributed by atoms with Crippen molar-refractivity contribution in [1.29, 1.82) is 0 Å². The minimum atomic E-state index is -0.600. The van der Waals surface area contributed by atoms with Crippen LogP contribution in [0.4, 0.5) is 20.3 Å². The van der Waals surface area contributed by atoms with Crippen LogP contribution in [0.1, 0.15) is 5.56 Å². The Balaban J connectivity index is 2.27. The molecule has 0 aliphatic heterocycles. The Morgan fingerprint density at radius 1 is 1.12 bits per heavy atom. The predicted octanol–water partition coefficient (Wildman–Crippen LogP) is 3.41. The lowest BCUT2D eigenvalue weighted by atomic mass is 10.2. The van der Waals surface area contributed by atoms with E-state index in [0.29, 0.717) is 0 Å². The summed E-state index contributed by atoms with van der Waals surface area (Å²) in [6, 6.07) is 9.08. The number of hydrogen-bond acceptors (Lipinski definition) is 2. The average molecular weight is 220 g/mol. The van der Waals surface area contributed by atoms with Crippen molar-refractivity contribution in [3.05, 3.63) is 53.7 Å². The van der Waals surface area contributed by atoms with Gasteiger partial charge in [-0.1, -0.05) is 12.1 Å². The zero-order valence-electron chi connectivity index (χ0n) is 8.67. The van der Waals surface area contributed by atoms with Crippen molar-refractivity contribution in [3.8, 4) is 0 Å². The molecule has 0 aliphatic rings. The Bertz CT molecular complexity index is 512. The fraction of sp³-hybridized carbons (Fsp3) is 0.0833. The maximum absolute atomic E-state index is 13.5. The molecule has 2 aromatic rings. The van der Waals surface area contributed by atoms with Gasteiger partial charge >= 0.3 is 0 Å². The van der Waals surface area contributed by atoms with Crippen LogP contribution < -0.4 is 5.32 Å². The molecule has 0 saturated carbocycles. The number of nitrogens with one attached hydrogen (secondary N) is 1. The van der Waals surface area contributed by atoms with Gasteiger partial charge in [0, 0.05) is 0 Å². The van der Waals surface area contributed by atoms with Crippen molar-refractivity contribution in [1.82, 2.24) is 4.98 Å². The van der Waals surface area contributed by atoms with Crippen molar-refractivity contribution >= 4 is 11.5 Å². The van der Waals surface area contributed by atoms with Crippen LogP contribution in [0.25, 0.3) is 0 Å². The molecule has 0 unspecified atom stereocenters. The van der Waals surface area contributed by atoms with Gasteiger partial charge in [-0.05, 0) is 36.8 Å². The number of pyridine rings is 1. The molecule has 0 radical (unpaired) electrons. The normalized spacial score (nSPS) is 10.2. The fourth-order valence-corrected chi connectivity index (χ4v) is 1.34. The highest BCUT2D eigenvalue weighted by atomic mass is 19.1. The molecule has 0 aliphatic carbocycles. The van der Waals surface area contributed by atoms with Gasteiger partial charge < -0.3 is 5.32 Å². The lowest BCUT2D eigenvalue weighted by Gasteiger charge is -2.06. The third-order valence-corrected chi connectivity index (χ3v) is 2.10. The first kappa shape index (κ1) is 10.5. The number of anilines is 2. The first-order valence-electron chi connectivity index (χ1n) is 4.81. The molecular weight excluding hydrogens is 210 g/mol. The predicted molar refractivity (Wildman–Crippen MR) is 58.6 cm³/mol. The molecule has 1 aromatic heterocycles. The van der Waals surface area contributed by atoms with Crippen LogP contribution in [0.15, 0.2) is 36.4 Å². The van der Waals surface area contributed by atoms with Crippen molar-refractivity contribution in [3.63, 3.8) is 0 Å². The molecule has 0 atom stereocenters. The van der Waals surface area contributed by atoms with E-state index in [1.807, 2.05) is 0 Å². The molecule has 1 N–H and O–H groups in total. The molecule has 0 saturated heterocycles. The standard InChI is InChI=1S/C12H10F2N2/c1-8-5-6-10(9(13)7-8)15-12-4-2-3-11(14)16-12/h2-7H,1H3,(H,15,16). The van der Waals surface area contributed by atoms with Crippen LogP contribution in [0.5, 0.6) is 0 Å². The molecule has 0 spiro atoms. The fourth-order valence-electron chi connectivity index (χ4n) is 1.34. The Hall–Kier alpha value is -1.97. The Kier molecular flexibility index (Phi) is 2.81. The van der Waals surface area contributed by atoms with Gasteiger partial charge in [0.2, 0.25) is 5.95 Å². The number of benzene rings is 1. The quantitative estimate of drug-likeness (QED) is 0.784. The highest BCUT2D eigenvalue weighted by molar-refractivity contribution is 5.57. The van der Waals surface area contributed by atoms with Crippen LogP contribution >= 0.6 is 0 Å². The summed E-state index contributed by atoms with van der Waals surface area (Å²) in [4.78, 5) is 3.59. The van der Waals surface area contributed by atoms with E-state index in [2.05, 4.69) is 10.3 Å². The second-order valence-corrected chi connectivity index (χ2v) is 3.45. The molecule has 16 heavy (non-hydrogen) atoms. The molecule has 0 amide bonds. The Morgan fingerprint density at radius 2 is 1.94 bits per heavy atom. The lowest BCUT2D eigenvalue weighted by molar-refractivity contribution is 0.585. The van der Waals surface area contributed by atoms with E-state index in [9.17, 15) is 8.78 Å². The van der Waals surface area contributed by atoms with Crippen molar-refractivity contribution in [2.75, 3.05) is 5.32 Å². The van der Waals surface area contributed by atoms with Gasteiger partial charge in [0.15, 0.2) is 0 Å². The highest BCUT2D eigenvalue weighted by Gasteiger charge is 2.03. The summed E-state index contributed by atoms with van der Waals surface area (Å²) in [6.45, 7) is 1.80. The third kappa shape index (κ3) is 2.34. The first-order chi connectivity index (χ1) is 7.65. The van der Waals surface area contributed by atoms with Crippen LogP contribution in [0, 0.1) is 18.7 Å². The zero-order valence-corrected chi connectivity index (χ0v) is 8.67. The molecule has 4 heteroatoms. The Morgan fingerprint density at radius 3 is 2.62 bits per heavy atom. The van der Waals surface area contributed by atoms with Gasteiger partial charge in [-0.25, -0.2) is 9.37 Å².